The van der Waals surface area contributed by atoms with E-state index in [2.05, 4.69) is 37.5 Å². The zero-order valence-corrected chi connectivity index (χ0v) is 22.0. The Kier molecular flexibility index (Phi) is 7.31. The predicted octanol–water partition coefficient (Wildman–Crippen LogP) is 2.76. The first kappa shape index (κ1) is 25.7. The molecule has 3 heterocycles. The predicted molar refractivity (Wildman–Crippen MR) is 137 cm³/mol. The van der Waals surface area contributed by atoms with Gasteiger partial charge in [-0.05, 0) is 60.0 Å². The molecule has 1 saturated heterocycles. The molecular formula is C26H38N4O4S. The molecule has 8 nitrogen and oxygen atoms in total. The normalized spacial score (nSPS) is 23.8. The summed E-state index contributed by atoms with van der Waals surface area (Å²) in [4.78, 5) is 12.4. The number of rotatable bonds is 8. The van der Waals surface area contributed by atoms with Crippen molar-refractivity contribution in [3.63, 3.8) is 0 Å². The highest BCUT2D eigenvalue weighted by molar-refractivity contribution is 7.89. The molecule has 9 heteroatoms. The zero-order chi connectivity index (χ0) is 25.4. The lowest BCUT2D eigenvalue weighted by molar-refractivity contribution is -0.120. The lowest BCUT2D eigenvalue weighted by Crippen LogP contribution is -2.41. The number of fused-ring (bicyclic) bond motifs is 1. The van der Waals surface area contributed by atoms with Crippen molar-refractivity contribution in [2.45, 2.75) is 53.1 Å². The van der Waals surface area contributed by atoms with Gasteiger partial charge in [0, 0.05) is 31.4 Å². The number of carbonyl (C=O) groups excluding carboxylic acids is 1. The third-order valence-electron chi connectivity index (χ3n) is 7.04. The summed E-state index contributed by atoms with van der Waals surface area (Å²) < 4.78 is 31.9. The number of allylic oxidation sites excluding steroid dienone is 2. The maximum absolute atomic E-state index is 12.4. The first-order chi connectivity index (χ1) is 16.5. The molecule has 1 aliphatic carbocycles. The summed E-state index contributed by atoms with van der Waals surface area (Å²) in [5, 5.41) is 6.79. The molecule has 0 saturated carbocycles. The van der Waals surface area contributed by atoms with E-state index in [1.54, 1.807) is 17.5 Å². The fraction of sp³-hybridized carbons (Fsp3) is 0.577. The summed E-state index contributed by atoms with van der Waals surface area (Å²) in [5.41, 5.74) is 10.0. The van der Waals surface area contributed by atoms with Gasteiger partial charge in [-0.15, -0.1) is 0 Å². The van der Waals surface area contributed by atoms with E-state index in [1.807, 2.05) is 18.3 Å². The molecule has 0 aromatic carbocycles. The van der Waals surface area contributed by atoms with Crippen LogP contribution in [0.5, 0.6) is 0 Å². The van der Waals surface area contributed by atoms with Gasteiger partial charge in [-0.2, -0.15) is 0 Å². The zero-order valence-electron chi connectivity index (χ0n) is 21.1. The van der Waals surface area contributed by atoms with Gasteiger partial charge in [0.1, 0.15) is 5.76 Å². The molecule has 0 radical (unpaired) electrons. The number of primary amides is 1. The number of amides is 1. The van der Waals surface area contributed by atoms with Crippen LogP contribution in [0.1, 0.15) is 51.9 Å². The minimum Gasteiger partial charge on any atom is -0.467 e. The highest BCUT2D eigenvalue weighted by Crippen LogP contribution is 2.41. The summed E-state index contributed by atoms with van der Waals surface area (Å²) in [6, 6.07) is 1.82. The van der Waals surface area contributed by atoms with Crippen molar-refractivity contribution in [2.75, 3.05) is 25.4 Å². The molecule has 192 valence electrons. The Labute approximate surface area is 208 Å². The van der Waals surface area contributed by atoms with Gasteiger partial charge >= 0.3 is 0 Å². The third-order valence-corrected chi connectivity index (χ3v) is 8.92. The summed E-state index contributed by atoms with van der Waals surface area (Å²) in [7, 11) is -3.17. The van der Waals surface area contributed by atoms with E-state index < -0.39 is 15.9 Å². The number of furan rings is 1. The van der Waals surface area contributed by atoms with Gasteiger partial charge in [0.25, 0.3) is 0 Å². The molecule has 0 bridgehead atoms. The van der Waals surface area contributed by atoms with Gasteiger partial charge < -0.3 is 20.8 Å². The molecular weight excluding hydrogens is 464 g/mol. The number of nitrogens with two attached hydrogens (primary N) is 1. The highest BCUT2D eigenvalue weighted by atomic mass is 32.2. The fourth-order valence-electron chi connectivity index (χ4n) is 5.10. The van der Waals surface area contributed by atoms with E-state index in [0.29, 0.717) is 19.6 Å². The van der Waals surface area contributed by atoms with Crippen molar-refractivity contribution in [3.05, 3.63) is 53.2 Å². The van der Waals surface area contributed by atoms with Crippen molar-refractivity contribution >= 4 is 21.5 Å². The first-order valence-electron chi connectivity index (χ1n) is 12.4. The first-order valence-corrected chi connectivity index (χ1v) is 14.0. The van der Waals surface area contributed by atoms with Crippen LogP contribution in [0.4, 0.5) is 0 Å². The van der Waals surface area contributed by atoms with E-state index in [1.165, 1.54) is 0 Å². The Morgan fingerprint density at radius 1 is 1.26 bits per heavy atom. The van der Waals surface area contributed by atoms with Crippen molar-refractivity contribution < 1.29 is 17.6 Å². The van der Waals surface area contributed by atoms with Gasteiger partial charge in [0.15, 0.2) is 0 Å². The second kappa shape index (κ2) is 9.95. The maximum atomic E-state index is 12.4. The van der Waals surface area contributed by atoms with Crippen LogP contribution in [0.2, 0.25) is 0 Å². The Hall–Kier alpha value is -2.36. The molecule has 4 rings (SSSR count). The summed E-state index contributed by atoms with van der Waals surface area (Å²) >= 11 is 0. The molecule has 1 aromatic rings. The molecule has 2 atom stereocenters. The minimum atomic E-state index is -3.17. The molecule has 1 fully saturated rings. The maximum Gasteiger partial charge on any atom is 0.226 e. The number of piperidine rings is 1. The van der Waals surface area contributed by atoms with E-state index >= 15 is 0 Å². The lowest BCUT2D eigenvalue weighted by Gasteiger charge is -2.33. The summed E-state index contributed by atoms with van der Waals surface area (Å²) in [5.74, 6) is 0.348. The van der Waals surface area contributed by atoms with E-state index in [-0.39, 0.29) is 29.0 Å². The van der Waals surface area contributed by atoms with E-state index in [4.69, 9.17) is 10.2 Å². The Balaban J connectivity index is 1.51. The van der Waals surface area contributed by atoms with Crippen LogP contribution in [0.25, 0.3) is 5.57 Å². The Bertz CT molecular complexity index is 1150. The lowest BCUT2D eigenvalue weighted by atomic mass is 9.77. The number of nitrogens with one attached hydrogen (secondary N) is 2. The Morgan fingerprint density at radius 2 is 1.97 bits per heavy atom. The monoisotopic (exact) mass is 502 g/mol. The van der Waals surface area contributed by atoms with E-state index in [9.17, 15) is 13.2 Å². The third kappa shape index (κ3) is 5.73. The molecule has 3 aliphatic rings. The van der Waals surface area contributed by atoms with Crippen LogP contribution in [0, 0.1) is 17.3 Å². The average molecular weight is 503 g/mol. The van der Waals surface area contributed by atoms with Crippen LogP contribution in [0.3, 0.4) is 0 Å². The van der Waals surface area contributed by atoms with E-state index in [0.717, 1.165) is 47.4 Å². The molecule has 2 unspecified atom stereocenters. The average Bonchev–Trinajstić information content (AvgIpc) is 3.45. The number of carbonyl (C=O) groups is 1. The standard InChI is InChI=1S/C26H38N4O4S/c1-5-35(32,33)30-8-6-17(7-9-30)23-14-29-24-21(23)11-18(12-22(24)25(27)31)19-10-20(34-15-19)13-28-16-26(2,3)4/h10-12,14-15,17,22,24,28-29H,5-9,13,16H2,1-4H3,(H2,27,31). The van der Waals surface area contributed by atoms with Gasteiger partial charge in [0.2, 0.25) is 15.9 Å². The quantitative estimate of drug-likeness (QED) is 0.503. The van der Waals surface area contributed by atoms with Crippen molar-refractivity contribution in [1.29, 1.82) is 0 Å². The Morgan fingerprint density at radius 3 is 2.60 bits per heavy atom. The topological polar surface area (TPSA) is 118 Å². The van der Waals surface area contributed by atoms with Crippen LogP contribution >= 0.6 is 0 Å². The van der Waals surface area contributed by atoms with Crippen molar-refractivity contribution in [1.82, 2.24) is 14.9 Å². The van der Waals surface area contributed by atoms with Crippen molar-refractivity contribution in [3.8, 4) is 0 Å². The molecule has 4 N–H and O–H groups in total. The van der Waals surface area contributed by atoms with Crippen molar-refractivity contribution in [2.24, 2.45) is 23.0 Å². The summed E-state index contributed by atoms with van der Waals surface area (Å²) in [6.45, 7) is 10.8. The van der Waals surface area contributed by atoms with Gasteiger partial charge in [-0.3, -0.25) is 4.79 Å². The van der Waals surface area contributed by atoms with Crippen LogP contribution in [-0.2, 0) is 21.4 Å². The fourth-order valence-corrected chi connectivity index (χ4v) is 6.23. The molecule has 1 amide bonds. The van der Waals surface area contributed by atoms with Crippen LogP contribution < -0.4 is 16.4 Å². The largest absolute Gasteiger partial charge is 0.467 e. The number of hydrogen-bond acceptors (Lipinski definition) is 6. The van der Waals surface area contributed by atoms with Crippen LogP contribution in [-0.4, -0.2) is 50.1 Å². The van der Waals surface area contributed by atoms with Gasteiger partial charge in [-0.1, -0.05) is 26.8 Å². The second-order valence-electron chi connectivity index (χ2n) is 10.9. The number of hydrogen-bond donors (Lipinski definition) is 3. The molecule has 35 heavy (non-hydrogen) atoms. The minimum absolute atomic E-state index is 0.127. The van der Waals surface area contributed by atoms with Gasteiger partial charge in [0.05, 0.1) is 30.5 Å². The highest BCUT2D eigenvalue weighted by Gasteiger charge is 2.39. The van der Waals surface area contributed by atoms with Crippen LogP contribution in [0.15, 0.2) is 46.2 Å². The van der Waals surface area contributed by atoms with Gasteiger partial charge in [-0.25, -0.2) is 12.7 Å². The number of nitrogens with zero attached hydrogens (tertiary/aromatic N) is 1. The number of sulfonamides is 1. The second-order valence-corrected chi connectivity index (χ2v) is 13.2. The summed E-state index contributed by atoms with van der Waals surface area (Å²) in [6.07, 6.45) is 9.29. The molecule has 0 spiro atoms. The SMILES string of the molecule is CCS(=O)(=O)N1CCC(C2=CNC3C2=CC(c2coc(CNCC(C)(C)C)c2)=CC3C(N)=O)CC1. The smallest absolute Gasteiger partial charge is 0.226 e. The molecule has 1 aromatic heterocycles. The molecule has 2 aliphatic heterocycles.